The van der Waals surface area contributed by atoms with Crippen LogP contribution in [0, 0.1) is 0 Å². The first-order chi connectivity index (χ1) is 14.3. The molecule has 1 aliphatic carbocycles. The number of ether oxygens (including phenoxy) is 3. The van der Waals surface area contributed by atoms with Gasteiger partial charge in [0.2, 0.25) is 0 Å². The highest BCUT2D eigenvalue weighted by Gasteiger charge is 2.23. The summed E-state index contributed by atoms with van der Waals surface area (Å²) in [6.45, 7) is 2.80. The van der Waals surface area contributed by atoms with E-state index in [9.17, 15) is 4.79 Å². The smallest absolute Gasteiger partial charge is 0.407 e. The Morgan fingerprint density at radius 1 is 0.897 bits per heavy atom. The minimum absolute atomic E-state index is 0.307. The van der Waals surface area contributed by atoms with E-state index in [-0.39, 0.29) is 6.10 Å². The van der Waals surface area contributed by atoms with Crippen molar-refractivity contribution in [3.8, 4) is 0 Å². The molecule has 2 aromatic rings. The zero-order valence-electron chi connectivity index (χ0n) is 16.8. The van der Waals surface area contributed by atoms with Crippen LogP contribution < -0.4 is 11.1 Å². The highest BCUT2D eigenvalue weighted by molar-refractivity contribution is 5.67. The summed E-state index contributed by atoms with van der Waals surface area (Å²) in [6, 6.07) is 16.6. The van der Waals surface area contributed by atoms with Crippen LogP contribution in [0.3, 0.4) is 0 Å². The standard InChI is InChI=1S/C23H30N2O4/c24-11-13-27-15-16-28-14-12-25-23(26)29-22-17-20-7-2-1-5-18(20)9-10-19-6-3-4-8-21(19)22/h1-8,22H,9-17,24H2,(H,25,26). The summed E-state index contributed by atoms with van der Waals surface area (Å²) in [5.74, 6) is 0. The minimum Gasteiger partial charge on any atom is -0.441 e. The second kappa shape index (κ2) is 11.6. The van der Waals surface area contributed by atoms with Gasteiger partial charge in [0.1, 0.15) is 6.10 Å². The van der Waals surface area contributed by atoms with Gasteiger partial charge in [-0.1, -0.05) is 48.5 Å². The van der Waals surface area contributed by atoms with E-state index in [1.807, 2.05) is 18.2 Å². The summed E-state index contributed by atoms with van der Waals surface area (Å²) in [7, 11) is 0. The van der Waals surface area contributed by atoms with Crippen molar-refractivity contribution < 1.29 is 19.0 Å². The molecule has 1 unspecified atom stereocenters. The van der Waals surface area contributed by atoms with Crippen molar-refractivity contribution in [3.63, 3.8) is 0 Å². The molecule has 0 saturated carbocycles. The number of amides is 1. The van der Waals surface area contributed by atoms with Crippen molar-refractivity contribution in [2.75, 3.05) is 39.5 Å². The zero-order valence-corrected chi connectivity index (χ0v) is 16.8. The Bertz CT molecular complexity index is 781. The number of rotatable bonds is 9. The van der Waals surface area contributed by atoms with E-state index in [1.54, 1.807) is 0 Å². The molecule has 3 N–H and O–H groups in total. The van der Waals surface area contributed by atoms with E-state index in [2.05, 4.69) is 35.6 Å². The van der Waals surface area contributed by atoms with Crippen molar-refractivity contribution in [3.05, 3.63) is 70.8 Å². The summed E-state index contributed by atoms with van der Waals surface area (Å²) in [4.78, 5) is 12.4. The average Bonchev–Trinajstić information content (AvgIpc) is 2.73. The first-order valence-electron chi connectivity index (χ1n) is 10.2. The third-order valence-electron chi connectivity index (χ3n) is 4.99. The molecule has 1 atom stereocenters. The first-order valence-corrected chi connectivity index (χ1v) is 10.2. The van der Waals surface area contributed by atoms with Gasteiger partial charge in [0.25, 0.3) is 0 Å². The predicted molar refractivity (Wildman–Crippen MR) is 112 cm³/mol. The van der Waals surface area contributed by atoms with Crippen LogP contribution in [0.1, 0.15) is 28.4 Å². The Kier molecular flexibility index (Phi) is 8.49. The first kappa shape index (κ1) is 21.3. The largest absolute Gasteiger partial charge is 0.441 e. The van der Waals surface area contributed by atoms with Gasteiger partial charge in [-0.15, -0.1) is 0 Å². The van der Waals surface area contributed by atoms with Crippen LogP contribution >= 0.6 is 0 Å². The Labute approximate surface area is 172 Å². The van der Waals surface area contributed by atoms with Gasteiger partial charge in [-0.25, -0.2) is 4.79 Å². The topological polar surface area (TPSA) is 82.8 Å². The van der Waals surface area contributed by atoms with E-state index >= 15 is 0 Å². The fourth-order valence-corrected chi connectivity index (χ4v) is 3.56. The SMILES string of the molecule is NCCOCCOCCNC(=O)OC1Cc2ccccc2CCc2ccccc21. The molecular formula is C23H30N2O4. The van der Waals surface area contributed by atoms with Crippen LogP contribution in [0.15, 0.2) is 48.5 Å². The van der Waals surface area contributed by atoms with Gasteiger partial charge < -0.3 is 25.3 Å². The maximum absolute atomic E-state index is 12.4. The molecule has 0 spiro atoms. The lowest BCUT2D eigenvalue weighted by Crippen LogP contribution is -2.30. The number of benzene rings is 2. The number of carbonyl (C=O) groups is 1. The van der Waals surface area contributed by atoms with Crippen LogP contribution in [0.5, 0.6) is 0 Å². The molecule has 6 nitrogen and oxygen atoms in total. The molecule has 0 radical (unpaired) electrons. The Morgan fingerprint density at radius 2 is 1.55 bits per heavy atom. The van der Waals surface area contributed by atoms with Crippen LogP contribution in [0.25, 0.3) is 0 Å². The molecule has 0 heterocycles. The minimum atomic E-state index is -0.425. The van der Waals surface area contributed by atoms with Crippen LogP contribution in [0.2, 0.25) is 0 Å². The van der Waals surface area contributed by atoms with Crippen molar-refractivity contribution in [2.45, 2.75) is 25.4 Å². The number of fused-ring (bicyclic) bond motifs is 2. The molecule has 0 bridgehead atoms. The molecule has 1 amide bonds. The van der Waals surface area contributed by atoms with Gasteiger partial charge in [-0.2, -0.15) is 0 Å². The van der Waals surface area contributed by atoms with Crippen LogP contribution in [-0.2, 0) is 33.5 Å². The second-order valence-electron chi connectivity index (χ2n) is 7.01. The van der Waals surface area contributed by atoms with E-state index in [1.165, 1.54) is 16.7 Å². The highest BCUT2D eigenvalue weighted by Crippen LogP contribution is 2.30. The molecule has 0 fully saturated rings. The monoisotopic (exact) mass is 398 g/mol. The normalized spacial score (nSPS) is 15.6. The average molecular weight is 399 g/mol. The number of hydrogen-bond acceptors (Lipinski definition) is 5. The van der Waals surface area contributed by atoms with Gasteiger partial charge in [-0.3, -0.25) is 0 Å². The fourth-order valence-electron chi connectivity index (χ4n) is 3.56. The van der Waals surface area contributed by atoms with Crippen molar-refractivity contribution in [2.24, 2.45) is 5.73 Å². The lowest BCUT2D eigenvalue weighted by atomic mass is 9.87. The van der Waals surface area contributed by atoms with E-state index in [0.717, 1.165) is 18.4 Å². The van der Waals surface area contributed by atoms with Crippen LogP contribution in [-0.4, -0.2) is 45.6 Å². The summed E-state index contributed by atoms with van der Waals surface area (Å²) < 4.78 is 16.5. The maximum atomic E-state index is 12.4. The van der Waals surface area contributed by atoms with Gasteiger partial charge in [-0.05, 0) is 35.1 Å². The molecule has 156 valence electrons. The fraction of sp³-hybridized carbons (Fsp3) is 0.435. The molecule has 29 heavy (non-hydrogen) atoms. The lowest BCUT2D eigenvalue weighted by molar-refractivity contribution is 0.0497. The molecular weight excluding hydrogens is 368 g/mol. The molecule has 1 aliphatic rings. The van der Waals surface area contributed by atoms with Crippen molar-refractivity contribution >= 4 is 6.09 Å². The third-order valence-corrected chi connectivity index (χ3v) is 4.99. The molecule has 0 saturated heterocycles. The van der Waals surface area contributed by atoms with Gasteiger partial charge in [0.15, 0.2) is 0 Å². The van der Waals surface area contributed by atoms with E-state index < -0.39 is 6.09 Å². The second-order valence-corrected chi connectivity index (χ2v) is 7.01. The van der Waals surface area contributed by atoms with Gasteiger partial charge >= 0.3 is 6.09 Å². The van der Waals surface area contributed by atoms with E-state index in [4.69, 9.17) is 19.9 Å². The Hall–Kier alpha value is -2.41. The summed E-state index contributed by atoms with van der Waals surface area (Å²) in [6.07, 6.45) is 1.88. The number of nitrogens with two attached hydrogens (primary N) is 1. The number of hydrogen-bond donors (Lipinski definition) is 2. The van der Waals surface area contributed by atoms with Crippen LogP contribution in [0.4, 0.5) is 4.79 Å². The molecule has 0 aliphatic heterocycles. The maximum Gasteiger partial charge on any atom is 0.407 e. The molecule has 3 rings (SSSR count). The summed E-state index contributed by atoms with van der Waals surface area (Å²) in [5.41, 5.74) is 10.2. The molecule has 2 aromatic carbocycles. The molecule has 0 aromatic heterocycles. The highest BCUT2D eigenvalue weighted by atomic mass is 16.6. The number of alkyl carbamates (subject to hydrolysis) is 1. The molecule has 6 heteroatoms. The van der Waals surface area contributed by atoms with Crippen molar-refractivity contribution in [1.29, 1.82) is 0 Å². The Morgan fingerprint density at radius 3 is 2.34 bits per heavy atom. The van der Waals surface area contributed by atoms with Gasteiger partial charge in [0.05, 0.1) is 26.4 Å². The quantitative estimate of drug-likeness (QED) is 0.635. The lowest BCUT2D eigenvalue weighted by Gasteiger charge is -2.25. The summed E-state index contributed by atoms with van der Waals surface area (Å²) in [5, 5.41) is 2.78. The Balaban J connectivity index is 1.53. The van der Waals surface area contributed by atoms with Gasteiger partial charge in [0, 0.05) is 19.5 Å². The third kappa shape index (κ3) is 6.56. The predicted octanol–water partition coefficient (Wildman–Crippen LogP) is 2.79. The van der Waals surface area contributed by atoms with E-state index in [0.29, 0.717) is 45.9 Å². The summed E-state index contributed by atoms with van der Waals surface area (Å²) >= 11 is 0. The number of aryl methyl sites for hydroxylation is 2. The van der Waals surface area contributed by atoms with Crippen molar-refractivity contribution in [1.82, 2.24) is 5.32 Å². The number of carbonyl (C=O) groups excluding carboxylic acids is 1. The zero-order chi connectivity index (χ0) is 20.3. The number of nitrogens with one attached hydrogen (secondary N) is 1.